The highest BCUT2D eigenvalue weighted by atomic mass is 16.6. The average molecular weight is 347 g/mol. The number of benzene rings is 2. The van der Waals surface area contributed by atoms with E-state index in [-0.39, 0.29) is 17.3 Å². The van der Waals surface area contributed by atoms with Gasteiger partial charge in [0.1, 0.15) is 11.5 Å². The Kier molecular flexibility index (Phi) is 4.94. The van der Waals surface area contributed by atoms with Crippen molar-refractivity contribution in [1.29, 1.82) is 5.26 Å². The number of rotatable bonds is 6. The SMILES string of the molecule is CC[C@@H](Nc1ccc(C#N)cc1[N+](=O)[O-])c1ncc(-c2ccccc2)[nH]1. The highest BCUT2D eigenvalue weighted by Gasteiger charge is 2.20. The monoisotopic (exact) mass is 347 g/mol. The quantitative estimate of drug-likeness (QED) is 0.507. The topological polar surface area (TPSA) is 108 Å². The number of H-pyrrole nitrogens is 1. The second-order valence-corrected chi connectivity index (χ2v) is 5.75. The first-order chi connectivity index (χ1) is 12.6. The lowest BCUT2D eigenvalue weighted by Crippen LogP contribution is -2.12. The van der Waals surface area contributed by atoms with Gasteiger partial charge >= 0.3 is 0 Å². The molecule has 1 atom stereocenters. The molecule has 7 heteroatoms. The van der Waals surface area contributed by atoms with Crippen LogP contribution >= 0.6 is 0 Å². The van der Waals surface area contributed by atoms with Crippen molar-refractivity contribution in [2.45, 2.75) is 19.4 Å². The zero-order valence-electron chi connectivity index (χ0n) is 14.1. The zero-order valence-corrected chi connectivity index (χ0v) is 14.1. The molecule has 0 aliphatic rings. The number of hydrogen-bond acceptors (Lipinski definition) is 5. The predicted octanol–water partition coefficient (Wildman–Crippen LogP) is 4.42. The van der Waals surface area contributed by atoms with Crippen molar-refractivity contribution in [1.82, 2.24) is 9.97 Å². The van der Waals surface area contributed by atoms with Crippen LogP contribution in [0, 0.1) is 21.4 Å². The Morgan fingerprint density at radius 1 is 1.31 bits per heavy atom. The van der Waals surface area contributed by atoms with Crippen molar-refractivity contribution in [3.05, 3.63) is 76.2 Å². The first-order valence-corrected chi connectivity index (χ1v) is 8.17. The number of aromatic nitrogens is 2. The van der Waals surface area contributed by atoms with Gasteiger partial charge in [0, 0.05) is 6.07 Å². The summed E-state index contributed by atoms with van der Waals surface area (Å²) in [6.45, 7) is 1.97. The van der Waals surface area contributed by atoms with Gasteiger partial charge in [0.2, 0.25) is 0 Å². The molecule has 0 aliphatic heterocycles. The van der Waals surface area contributed by atoms with Crippen LogP contribution in [-0.2, 0) is 0 Å². The van der Waals surface area contributed by atoms with Gasteiger partial charge in [-0.1, -0.05) is 37.3 Å². The van der Waals surface area contributed by atoms with E-state index in [0.717, 1.165) is 11.3 Å². The van der Waals surface area contributed by atoms with Gasteiger partial charge in [0.05, 0.1) is 34.5 Å². The summed E-state index contributed by atoms with van der Waals surface area (Å²) < 4.78 is 0. The van der Waals surface area contributed by atoms with Crippen LogP contribution in [-0.4, -0.2) is 14.9 Å². The minimum Gasteiger partial charge on any atom is -0.370 e. The Labute approximate surface area is 150 Å². The van der Waals surface area contributed by atoms with E-state index in [9.17, 15) is 10.1 Å². The third-order valence-electron chi connectivity index (χ3n) is 4.07. The van der Waals surface area contributed by atoms with Crippen LogP contribution in [0.25, 0.3) is 11.3 Å². The van der Waals surface area contributed by atoms with Gasteiger partial charge < -0.3 is 10.3 Å². The number of hydrogen-bond donors (Lipinski definition) is 2. The van der Waals surface area contributed by atoms with Crippen molar-refractivity contribution in [2.75, 3.05) is 5.32 Å². The summed E-state index contributed by atoms with van der Waals surface area (Å²) in [6, 6.07) is 15.9. The maximum Gasteiger partial charge on any atom is 0.293 e. The lowest BCUT2D eigenvalue weighted by atomic mass is 10.1. The van der Waals surface area contributed by atoms with Crippen molar-refractivity contribution in [3.63, 3.8) is 0 Å². The number of nitro benzene ring substituents is 1. The molecule has 0 amide bonds. The van der Waals surface area contributed by atoms with Crippen molar-refractivity contribution >= 4 is 11.4 Å². The maximum absolute atomic E-state index is 11.3. The number of nitriles is 1. The van der Waals surface area contributed by atoms with Crippen LogP contribution in [0.3, 0.4) is 0 Å². The van der Waals surface area contributed by atoms with Gasteiger partial charge in [0.25, 0.3) is 5.69 Å². The van der Waals surface area contributed by atoms with Crippen LogP contribution in [0.15, 0.2) is 54.7 Å². The average Bonchev–Trinajstić information content (AvgIpc) is 3.16. The summed E-state index contributed by atoms with van der Waals surface area (Å²) >= 11 is 0. The molecule has 0 spiro atoms. The fourth-order valence-corrected chi connectivity index (χ4v) is 2.70. The van der Waals surface area contributed by atoms with E-state index in [1.807, 2.05) is 43.3 Å². The summed E-state index contributed by atoms with van der Waals surface area (Å²) in [7, 11) is 0. The van der Waals surface area contributed by atoms with Crippen LogP contribution in [0.1, 0.15) is 30.8 Å². The van der Waals surface area contributed by atoms with E-state index >= 15 is 0 Å². The summed E-state index contributed by atoms with van der Waals surface area (Å²) in [5.74, 6) is 0.699. The van der Waals surface area contributed by atoms with E-state index < -0.39 is 4.92 Å². The smallest absolute Gasteiger partial charge is 0.293 e. The molecule has 0 unspecified atom stereocenters. The van der Waals surface area contributed by atoms with Gasteiger partial charge in [-0.15, -0.1) is 0 Å². The Morgan fingerprint density at radius 3 is 2.73 bits per heavy atom. The van der Waals surface area contributed by atoms with Gasteiger partial charge in [-0.25, -0.2) is 4.98 Å². The van der Waals surface area contributed by atoms with E-state index in [2.05, 4.69) is 15.3 Å². The number of imidazole rings is 1. The van der Waals surface area contributed by atoms with Crippen molar-refractivity contribution in [2.24, 2.45) is 0 Å². The van der Waals surface area contributed by atoms with Crippen LogP contribution in [0.2, 0.25) is 0 Å². The summed E-state index contributed by atoms with van der Waals surface area (Å²) in [6.07, 6.45) is 2.43. The molecule has 3 aromatic rings. The van der Waals surface area contributed by atoms with E-state index in [1.54, 1.807) is 18.3 Å². The Hall–Kier alpha value is -3.66. The lowest BCUT2D eigenvalue weighted by Gasteiger charge is -2.16. The number of anilines is 1. The van der Waals surface area contributed by atoms with Gasteiger partial charge in [0.15, 0.2) is 0 Å². The van der Waals surface area contributed by atoms with E-state index in [4.69, 9.17) is 5.26 Å². The Bertz CT molecular complexity index is 960. The fraction of sp³-hybridized carbons (Fsp3) is 0.158. The molecule has 2 aromatic carbocycles. The highest BCUT2D eigenvalue weighted by molar-refractivity contribution is 5.65. The molecular weight excluding hydrogens is 330 g/mol. The maximum atomic E-state index is 11.3. The standard InChI is InChI=1S/C19H17N5O2/c1-2-15(19-21-12-17(23-19)14-6-4-3-5-7-14)22-16-9-8-13(11-20)10-18(16)24(25)26/h3-10,12,15,22H,2H2,1H3,(H,21,23)/t15-/m1/s1. The van der Waals surface area contributed by atoms with Gasteiger partial charge in [-0.05, 0) is 24.1 Å². The third-order valence-corrected chi connectivity index (χ3v) is 4.07. The summed E-state index contributed by atoms with van der Waals surface area (Å²) in [4.78, 5) is 18.5. The summed E-state index contributed by atoms with van der Waals surface area (Å²) in [5.41, 5.74) is 2.39. The molecule has 0 saturated heterocycles. The number of nitro groups is 1. The van der Waals surface area contributed by atoms with Gasteiger partial charge in [-0.2, -0.15) is 5.26 Å². The first-order valence-electron chi connectivity index (χ1n) is 8.17. The van der Waals surface area contributed by atoms with Crippen molar-refractivity contribution in [3.8, 4) is 17.3 Å². The predicted molar refractivity (Wildman–Crippen MR) is 98.5 cm³/mol. The first kappa shape index (κ1) is 17.2. The molecule has 2 N–H and O–H groups in total. The molecule has 0 radical (unpaired) electrons. The van der Waals surface area contributed by atoms with Gasteiger partial charge in [-0.3, -0.25) is 10.1 Å². The molecule has 0 saturated carbocycles. The lowest BCUT2D eigenvalue weighted by molar-refractivity contribution is -0.384. The summed E-state index contributed by atoms with van der Waals surface area (Å²) in [5, 5.41) is 23.4. The van der Waals surface area contributed by atoms with Crippen LogP contribution in [0.4, 0.5) is 11.4 Å². The third kappa shape index (κ3) is 3.54. The molecule has 0 bridgehead atoms. The molecule has 0 fully saturated rings. The molecule has 0 aliphatic carbocycles. The minimum atomic E-state index is -0.493. The zero-order chi connectivity index (χ0) is 18.5. The molecular formula is C19H17N5O2. The van der Waals surface area contributed by atoms with E-state index in [0.29, 0.717) is 17.9 Å². The second kappa shape index (κ2) is 7.49. The van der Waals surface area contributed by atoms with Crippen LogP contribution < -0.4 is 5.32 Å². The fourth-order valence-electron chi connectivity index (χ4n) is 2.70. The molecule has 7 nitrogen and oxygen atoms in total. The number of aromatic amines is 1. The Balaban J connectivity index is 1.88. The number of nitrogens with one attached hydrogen (secondary N) is 2. The highest BCUT2D eigenvalue weighted by Crippen LogP contribution is 2.30. The van der Waals surface area contributed by atoms with Crippen molar-refractivity contribution < 1.29 is 4.92 Å². The largest absolute Gasteiger partial charge is 0.370 e. The second-order valence-electron chi connectivity index (χ2n) is 5.75. The molecule has 3 rings (SSSR count). The molecule has 1 aromatic heterocycles. The molecule has 26 heavy (non-hydrogen) atoms. The number of nitrogens with zero attached hydrogens (tertiary/aromatic N) is 3. The normalized spacial score (nSPS) is 11.5. The molecule has 1 heterocycles. The molecule has 130 valence electrons. The van der Waals surface area contributed by atoms with Crippen LogP contribution in [0.5, 0.6) is 0 Å². The Morgan fingerprint density at radius 2 is 2.08 bits per heavy atom. The van der Waals surface area contributed by atoms with E-state index in [1.165, 1.54) is 6.07 Å². The minimum absolute atomic E-state index is 0.127.